The van der Waals surface area contributed by atoms with Gasteiger partial charge in [-0.2, -0.15) is 18.2 Å². The number of hydrogen-bond donors (Lipinski definition) is 3. The number of hydrogen-bond acceptors (Lipinski definition) is 7. The fraction of sp³-hybridized carbons (Fsp3) is 0.348. The summed E-state index contributed by atoms with van der Waals surface area (Å²) in [5, 5.41) is 23.5. The normalized spacial score (nSPS) is 11.7. The highest BCUT2D eigenvalue weighted by Crippen LogP contribution is 2.28. The van der Waals surface area contributed by atoms with Gasteiger partial charge in [-0.15, -0.1) is 0 Å². The predicted octanol–water partition coefficient (Wildman–Crippen LogP) is 4.53. The van der Waals surface area contributed by atoms with Crippen LogP contribution in [0.15, 0.2) is 59.3 Å². The molecule has 0 aliphatic carbocycles. The highest BCUT2D eigenvalue weighted by molar-refractivity contribution is 5.73. The molecule has 0 fully saturated rings. The van der Waals surface area contributed by atoms with Crippen LogP contribution in [0.5, 0.6) is 0 Å². The summed E-state index contributed by atoms with van der Waals surface area (Å²) >= 11 is 0. The molecule has 0 aliphatic rings. The zero-order valence-corrected chi connectivity index (χ0v) is 18.6. The second-order valence-corrected chi connectivity index (χ2v) is 7.35. The van der Waals surface area contributed by atoms with Crippen molar-refractivity contribution in [2.24, 2.45) is 0 Å². The topological polar surface area (TPSA) is 138 Å². The number of aliphatic carboxylic acids is 2. The van der Waals surface area contributed by atoms with Gasteiger partial charge in [0.15, 0.2) is 5.82 Å². The zero-order chi connectivity index (χ0) is 25.7. The minimum absolute atomic E-state index is 0.0520. The molecule has 0 saturated carbocycles. The first-order valence-corrected chi connectivity index (χ1v) is 10.7. The number of halogens is 3. The molecule has 3 N–H and O–H groups in total. The molecule has 0 aliphatic heterocycles. The van der Waals surface area contributed by atoms with Gasteiger partial charge in [-0.25, -0.2) is 9.78 Å². The highest BCUT2D eigenvalue weighted by Gasteiger charge is 2.38. The van der Waals surface area contributed by atoms with E-state index in [4.69, 9.17) is 19.5 Å². The monoisotopic (exact) mass is 494 g/mol. The standard InChI is InChI=1S/C21H24N4O3.C2HF3O2/c26-20(27)13-12-17(16-8-2-1-3-9-16)21-24-19(25-28-21)11-5-7-15-23-18-10-4-6-14-22-18;3-2(4,5)1(6)7/h1-4,6,8-10,14,17H,5,7,11-13,15H2,(H,22,23)(H,26,27);(H,6,7). The highest BCUT2D eigenvalue weighted by atomic mass is 19.4. The van der Waals surface area contributed by atoms with E-state index in [0.29, 0.717) is 24.6 Å². The fourth-order valence-electron chi connectivity index (χ4n) is 2.99. The van der Waals surface area contributed by atoms with Gasteiger partial charge in [-0.05, 0) is 37.0 Å². The third kappa shape index (κ3) is 10.2. The van der Waals surface area contributed by atoms with Crippen LogP contribution in [0.2, 0.25) is 0 Å². The molecule has 1 aromatic carbocycles. The van der Waals surface area contributed by atoms with Gasteiger partial charge < -0.3 is 20.1 Å². The Morgan fingerprint density at radius 1 is 1.03 bits per heavy atom. The number of carbonyl (C=O) groups is 2. The number of carboxylic acid groups (broad SMARTS) is 2. The Morgan fingerprint density at radius 3 is 2.31 bits per heavy atom. The lowest BCUT2D eigenvalue weighted by atomic mass is 9.94. The van der Waals surface area contributed by atoms with Crippen molar-refractivity contribution in [3.8, 4) is 0 Å². The summed E-state index contributed by atoms with van der Waals surface area (Å²) in [5.41, 5.74) is 0.985. The van der Waals surface area contributed by atoms with Crippen LogP contribution in [0.25, 0.3) is 0 Å². The number of aromatic nitrogens is 3. The van der Waals surface area contributed by atoms with E-state index in [1.807, 2.05) is 48.5 Å². The second kappa shape index (κ2) is 13.7. The molecule has 1 atom stereocenters. The van der Waals surface area contributed by atoms with Crippen LogP contribution in [-0.4, -0.2) is 50.0 Å². The Labute approximate surface area is 199 Å². The Kier molecular flexibility index (Phi) is 10.7. The minimum atomic E-state index is -5.08. The Balaban J connectivity index is 0.000000540. The van der Waals surface area contributed by atoms with Crippen molar-refractivity contribution in [2.75, 3.05) is 11.9 Å². The summed E-state index contributed by atoms with van der Waals surface area (Å²) in [5.74, 6) is -1.79. The summed E-state index contributed by atoms with van der Waals surface area (Å²) in [6, 6.07) is 15.5. The summed E-state index contributed by atoms with van der Waals surface area (Å²) in [7, 11) is 0. The number of benzene rings is 1. The molecule has 35 heavy (non-hydrogen) atoms. The number of pyridine rings is 1. The largest absolute Gasteiger partial charge is 0.490 e. The molecule has 3 rings (SSSR count). The number of carboxylic acids is 2. The molecule has 0 saturated heterocycles. The number of rotatable bonds is 11. The zero-order valence-electron chi connectivity index (χ0n) is 18.6. The van der Waals surface area contributed by atoms with E-state index in [0.717, 1.165) is 30.8 Å². The quantitative estimate of drug-likeness (QED) is 0.328. The van der Waals surface area contributed by atoms with E-state index < -0.39 is 18.1 Å². The fourth-order valence-corrected chi connectivity index (χ4v) is 2.99. The first-order valence-electron chi connectivity index (χ1n) is 10.7. The summed E-state index contributed by atoms with van der Waals surface area (Å²) in [6.45, 7) is 0.826. The van der Waals surface area contributed by atoms with Gasteiger partial charge in [-0.1, -0.05) is 41.6 Å². The van der Waals surface area contributed by atoms with Crippen molar-refractivity contribution in [2.45, 2.75) is 44.2 Å². The second-order valence-electron chi connectivity index (χ2n) is 7.35. The van der Waals surface area contributed by atoms with Crippen LogP contribution in [0.3, 0.4) is 0 Å². The maximum atomic E-state index is 11.0. The van der Waals surface area contributed by atoms with Crippen LogP contribution in [-0.2, 0) is 16.0 Å². The lowest BCUT2D eigenvalue weighted by Crippen LogP contribution is -2.21. The molecular weight excluding hydrogens is 469 g/mol. The van der Waals surface area contributed by atoms with Crippen molar-refractivity contribution < 1.29 is 37.5 Å². The molecule has 3 aromatic rings. The predicted molar refractivity (Wildman–Crippen MR) is 119 cm³/mol. The Morgan fingerprint density at radius 2 is 1.71 bits per heavy atom. The molecule has 9 nitrogen and oxygen atoms in total. The third-order valence-corrected chi connectivity index (χ3v) is 4.67. The van der Waals surface area contributed by atoms with Gasteiger partial charge in [-0.3, -0.25) is 4.79 Å². The first-order chi connectivity index (χ1) is 16.7. The van der Waals surface area contributed by atoms with E-state index in [9.17, 15) is 18.0 Å². The molecule has 0 amide bonds. The molecule has 0 bridgehead atoms. The maximum Gasteiger partial charge on any atom is 0.490 e. The average molecular weight is 494 g/mol. The van der Waals surface area contributed by atoms with Gasteiger partial charge in [0.2, 0.25) is 5.89 Å². The van der Waals surface area contributed by atoms with Crippen molar-refractivity contribution in [3.63, 3.8) is 0 Å². The van der Waals surface area contributed by atoms with E-state index in [1.54, 1.807) is 6.20 Å². The molecule has 0 radical (unpaired) electrons. The molecule has 2 aromatic heterocycles. The number of anilines is 1. The number of nitrogens with one attached hydrogen (secondary N) is 1. The van der Waals surface area contributed by atoms with E-state index in [2.05, 4.69) is 20.4 Å². The molecular formula is C23H25F3N4O5. The Hall–Kier alpha value is -3.96. The molecule has 0 spiro atoms. The van der Waals surface area contributed by atoms with Gasteiger partial charge in [0, 0.05) is 25.6 Å². The molecule has 1 unspecified atom stereocenters. The van der Waals surface area contributed by atoms with Crippen molar-refractivity contribution >= 4 is 17.8 Å². The van der Waals surface area contributed by atoms with Gasteiger partial charge in [0.05, 0.1) is 5.92 Å². The number of unbranched alkanes of at least 4 members (excludes halogenated alkanes) is 1. The third-order valence-electron chi connectivity index (χ3n) is 4.67. The molecule has 12 heteroatoms. The number of alkyl halides is 3. The average Bonchev–Trinajstić information content (AvgIpc) is 3.28. The lowest BCUT2D eigenvalue weighted by Gasteiger charge is -2.11. The van der Waals surface area contributed by atoms with Crippen LogP contribution >= 0.6 is 0 Å². The van der Waals surface area contributed by atoms with Crippen molar-refractivity contribution in [1.29, 1.82) is 0 Å². The van der Waals surface area contributed by atoms with Crippen LogP contribution in [0.1, 0.15) is 48.9 Å². The van der Waals surface area contributed by atoms with Crippen molar-refractivity contribution in [3.05, 3.63) is 72.0 Å². The van der Waals surface area contributed by atoms with E-state index >= 15 is 0 Å². The SMILES string of the molecule is O=C(O)C(F)(F)F.O=C(O)CCC(c1ccccc1)c1nc(CCCCNc2ccccn2)no1. The number of aryl methyl sites for hydroxylation is 1. The summed E-state index contributed by atoms with van der Waals surface area (Å²) < 4.78 is 37.2. The van der Waals surface area contributed by atoms with Crippen molar-refractivity contribution in [1.82, 2.24) is 15.1 Å². The van der Waals surface area contributed by atoms with Crippen LogP contribution in [0, 0.1) is 0 Å². The van der Waals surface area contributed by atoms with Gasteiger partial charge >= 0.3 is 18.1 Å². The summed E-state index contributed by atoms with van der Waals surface area (Å²) in [4.78, 5) is 28.6. The van der Waals surface area contributed by atoms with Gasteiger partial charge in [0.1, 0.15) is 5.82 Å². The molecule has 188 valence electrons. The first kappa shape index (κ1) is 27.3. The maximum absolute atomic E-state index is 11.0. The van der Waals surface area contributed by atoms with Gasteiger partial charge in [0.25, 0.3) is 0 Å². The minimum Gasteiger partial charge on any atom is -0.481 e. The van der Waals surface area contributed by atoms with Crippen LogP contribution < -0.4 is 5.32 Å². The number of nitrogens with zero attached hydrogens (tertiary/aromatic N) is 3. The van der Waals surface area contributed by atoms with E-state index in [-0.39, 0.29) is 12.3 Å². The molecule has 2 heterocycles. The van der Waals surface area contributed by atoms with Crippen LogP contribution in [0.4, 0.5) is 19.0 Å². The smallest absolute Gasteiger partial charge is 0.481 e. The lowest BCUT2D eigenvalue weighted by molar-refractivity contribution is -0.192. The Bertz CT molecular complexity index is 1050. The summed E-state index contributed by atoms with van der Waals surface area (Å²) in [6.07, 6.45) is -0.249. The van der Waals surface area contributed by atoms with E-state index in [1.165, 1.54) is 0 Å².